The zero-order valence-electron chi connectivity index (χ0n) is 13.2. The zero-order valence-corrected chi connectivity index (χ0v) is 13.2. The maximum atomic E-state index is 3.77. The molecule has 0 saturated carbocycles. The third-order valence-corrected chi connectivity index (χ3v) is 4.77. The molecule has 18 heavy (non-hydrogen) atoms. The molecule has 1 heterocycles. The predicted octanol–water partition coefficient (Wildman–Crippen LogP) is 3.66. The van der Waals surface area contributed by atoms with Gasteiger partial charge in [-0.3, -0.25) is 4.90 Å². The summed E-state index contributed by atoms with van der Waals surface area (Å²) in [7, 11) is 0. The number of nitrogens with one attached hydrogen (secondary N) is 1. The fourth-order valence-corrected chi connectivity index (χ4v) is 3.12. The molecule has 1 saturated heterocycles. The van der Waals surface area contributed by atoms with Crippen LogP contribution in [0.5, 0.6) is 0 Å². The van der Waals surface area contributed by atoms with Crippen LogP contribution >= 0.6 is 0 Å². The molecule has 0 aromatic carbocycles. The van der Waals surface area contributed by atoms with Crippen LogP contribution in [0, 0.1) is 5.92 Å². The average molecular weight is 254 g/mol. The molecular weight excluding hydrogens is 220 g/mol. The maximum Gasteiger partial charge on any atom is 0.0220 e. The second-order valence-corrected chi connectivity index (χ2v) is 6.27. The van der Waals surface area contributed by atoms with Crippen molar-refractivity contribution in [2.45, 2.75) is 84.8 Å². The van der Waals surface area contributed by atoms with Crippen molar-refractivity contribution in [2.75, 3.05) is 13.1 Å². The van der Waals surface area contributed by atoms with E-state index in [4.69, 9.17) is 0 Å². The van der Waals surface area contributed by atoms with Crippen LogP contribution in [0.2, 0.25) is 0 Å². The third-order valence-electron chi connectivity index (χ3n) is 4.77. The maximum absolute atomic E-state index is 3.77. The van der Waals surface area contributed by atoms with Crippen molar-refractivity contribution in [3.05, 3.63) is 0 Å². The van der Waals surface area contributed by atoms with Gasteiger partial charge in [0.05, 0.1) is 0 Å². The van der Waals surface area contributed by atoms with E-state index in [2.05, 4.69) is 44.8 Å². The van der Waals surface area contributed by atoms with Crippen LogP contribution in [-0.2, 0) is 0 Å². The Hall–Kier alpha value is -0.0800. The first kappa shape index (κ1) is 16.0. The molecule has 0 aliphatic carbocycles. The molecular formula is C16H34N2. The van der Waals surface area contributed by atoms with Crippen molar-refractivity contribution in [3.8, 4) is 0 Å². The number of hydrogen-bond acceptors (Lipinski definition) is 2. The molecule has 1 aliphatic heterocycles. The van der Waals surface area contributed by atoms with Crippen LogP contribution in [0.4, 0.5) is 0 Å². The average Bonchev–Trinajstić information content (AvgIpc) is 2.36. The molecule has 0 spiro atoms. The standard InChI is InChI=1S/C16H34N2/c1-6-11-17-16(13(3)7-2)12-18-14(4)9-8-10-15(18)5/h13-17H,6-12H2,1-5H3. The molecule has 1 N–H and O–H groups in total. The lowest BCUT2D eigenvalue weighted by Crippen LogP contribution is -2.52. The highest BCUT2D eigenvalue weighted by atomic mass is 15.2. The summed E-state index contributed by atoms with van der Waals surface area (Å²) in [4.78, 5) is 2.74. The minimum absolute atomic E-state index is 0.665. The van der Waals surface area contributed by atoms with Gasteiger partial charge in [-0.05, 0) is 45.6 Å². The smallest absolute Gasteiger partial charge is 0.0220 e. The monoisotopic (exact) mass is 254 g/mol. The van der Waals surface area contributed by atoms with E-state index < -0.39 is 0 Å². The van der Waals surface area contributed by atoms with Gasteiger partial charge in [0.25, 0.3) is 0 Å². The van der Waals surface area contributed by atoms with Gasteiger partial charge < -0.3 is 5.32 Å². The van der Waals surface area contributed by atoms with Gasteiger partial charge in [0.15, 0.2) is 0 Å². The van der Waals surface area contributed by atoms with E-state index in [0.717, 1.165) is 24.5 Å². The molecule has 1 rings (SSSR count). The Morgan fingerprint density at radius 3 is 2.28 bits per heavy atom. The summed E-state index contributed by atoms with van der Waals surface area (Å²) in [6, 6.07) is 2.20. The third kappa shape index (κ3) is 4.55. The molecule has 0 radical (unpaired) electrons. The lowest BCUT2D eigenvalue weighted by Gasteiger charge is -2.42. The summed E-state index contributed by atoms with van der Waals surface area (Å²) in [5, 5.41) is 3.77. The van der Waals surface area contributed by atoms with Gasteiger partial charge in [-0.15, -0.1) is 0 Å². The van der Waals surface area contributed by atoms with E-state index in [-0.39, 0.29) is 0 Å². The summed E-state index contributed by atoms with van der Waals surface area (Å²) in [6.07, 6.45) is 6.68. The number of piperidine rings is 1. The normalized spacial score (nSPS) is 29.2. The van der Waals surface area contributed by atoms with Crippen molar-refractivity contribution >= 4 is 0 Å². The van der Waals surface area contributed by atoms with Crippen molar-refractivity contribution in [3.63, 3.8) is 0 Å². The second-order valence-electron chi connectivity index (χ2n) is 6.27. The highest BCUT2D eigenvalue weighted by Gasteiger charge is 2.28. The van der Waals surface area contributed by atoms with Crippen LogP contribution in [-0.4, -0.2) is 36.1 Å². The van der Waals surface area contributed by atoms with E-state index in [0.29, 0.717) is 6.04 Å². The van der Waals surface area contributed by atoms with E-state index in [1.807, 2.05) is 0 Å². The molecule has 4 atom stereocenters. The number of rotatable bonds is 7. The minimum atomic E-state index is 0.665. The van der Waals surface area contributed by atoms with Gasteiger partial charge >= 0.3 is 0 Å². The number of hydrogen-bond donors (Lipinski definition) is 1. The molecule has 0 aromatic rings. The Bertz CT molecular complexity index is 207. The summed E-state index contributed by atoms with van der Waals surface area (Å²) >= 11 is 0. The van der Waals surface area contributed by atoms with Gasteiger partial charge in [-0.1, -0.05) is 33.6 Å². The highest BCUT2D eigenvalue weighted by molar-refractivity contribution is 4.85. The topological polar surface area (TPSA) is 15.3 Å². The summed E-state index contributed by atoms with van der Waals surface area (Å²) in [5.41, 5.74) is 0. The lowest BCUT2D eigenvalue weighted by molar-refractivity contribution is 0.0815. The Morgan fingerprint density at radius 2 is 1.78 bits per heavy atom. The molecule has 2 nitrogen and oxygen atoms in total. The lowest BCUT2D eigenvalue weighted by atomic mass is 9.93. The minimum Gasteiger partial charge on any atom is -0.312 e. The van der Waals surface area contributed by atoms with Crippen molar-refractivity contribution in [2.24, 2.45) is 5.92 Å². The first-order valence-electron chi connectivity index (χ1n) is 8.09. The van der Waals surface area contributed by atoms with Gasteiger partial charge in [0, 0.05) is 24.7 Å². The molecule has 0 amide bonds. The molecule has 0 aromatic heterocycles. The van der Waals surface area contributed by atoms with Gasteiger partial charge in [0.2, 0.25) is 0 Å². The summed E-state index contributed by atoms with van der Waals surface area (Å²) < 4.78 is 0. The Labute approximate surface area is 115 Å². The molecule has 0 bridgehead atoms. The Morgan fingerprint density at radius 1 is 1.17 bits per heavy atom. The Kier molecular flexibility index (Phi) is 7.25. The van der Waals surface area contributed by atoms with E-state index in [1.165, 1.54) is 38.6 Å². The first-order chi connectivity index (χ1) is 8.60. The van der Waals surface area contributed by atoms with Crippen molar-refractivity contribution < 1.29 is 0 Å². The molecule has 1 fully saturated rings. The largest absolute Gasteiger partial charge is 0.312 e. The van der Waals surface area contributed by atoms with Crippen LogP contribution in [0.3, 0.4) is 0 Å². The molecule has 1 aliphatic rings. The van der Waals surface area contributed by atoms with Crippen LogP contribution in [0.1, 0.15) is 66.7 Å². The summed E-state index contributed by atoms with van der Waals surface area (Å²) in [5.74, 6) is 0.776. The molecule has 2 heteroatoms. The molecule has 108 valence electrons. The quantitative estimate of drug-likeness (QED) is 0.746. The van der Waals surface area contributed by atoms with Gasteiger partial charge in [0.1, 0.15) is 0 Å². The van der Waals surface area contributed by atoms with Crippen molar-refractivity contribution in [1.82, 2.24) is 10.2 Å². The van der Waals surface area contributed by atoms with Gasteiger partial charge in [-0.2, -0.15) is 0 Å². The van der Waals surface area contributed by atoms with Crippen molar-refractivity contribution in [1.29, 1.82) is 0 Å². The zero-order chi connectivity index (χ0) is 13.5. The van der Waals surface area contributed by atoms with E-state index >= 15 is 0 Å². The first-order valence-corrected chi connectivity index (χ1v) is 8.09. The van der Waals surface area contributed by atoms with Crippen LogP contribution in [0.25, 0.3) is 0 Å². The highest BCUT2D eigenvalue weighted by Crippen LogP contribution is 2.24. The second kappa shape index (κ2) is 8.16. The molecule has 4 unspecified atom stereocenters. The van der Waals surface area contributed by atoms with E-state index in [9.17, 15) is 0 Å². The fourth-order valence-electron chi connectivity index (χ4n) is 3.12. The fraction of sp³-hybridized carbons (Fsp3) is 1.00. The van der Waals surface area contributed by atoms with Crippen LogP contribution < -0.4 is 5.32 Å². The van der Waals surface area contributed by atoms with E-state index in [1.54, 1.807) is 0 Å². The predicted molar refractivity (Wildman–Crippen MR) is 81.0 cm³/mol. The van der Waals surface area contributed by atoms with Crippen LogP contribution in [0.15, 0.2) is 0 Å². The SMILES string of the molecule is CCCNC(CN1C(C)CCCC1C)C(C)CC. The number of likely N-dealkylation sites (tertiary alicyclic amines) is 1. The van der Waals surface area contributed by atoms with Gasteiger partial charge in [-0.25, -0.2) is 0 Å². The summed E-state index contributed by atoms with van der Waals surface area (Å²) in [6.45, 7) is 14.2. The number of nitrogens with zero attached hydrogens (tertiary/aromatic N) is 1. The Balaban J connectivity index is 2.56.